The van der Waals surface area contributed by atoms with Gasteiger partial charge in [-0.1, -0.05) is 0 Å². The number of fused-ring (bicyclic) bond motifs is 1. The van der Waals surface area contributed by atoms with Gasteiger partial charge in [0.25, 0.3) is 5.91 Å². The normalized spacial score (nSPS) is 14.9. The molecular weight excluding hydrogens is 351 g/mol. The molecule has 0 bridgehead atoms. The molecule has 0 radical (unpaired) electrons. The number of nitrogens with zero attached hydrogens (tertiary/aromatic N) is 4. The van der Waals surface area contributed by atoms with Crippen LogP contribution in [0.2, 0.25) is 0 Å². The van der Waals surface area contributed by atoms with Crippen molar-refractivity contribution in [3.8, 4) is 0 Å². The summed E-state index contributed by atoms with van der Waals surface area (Å²) in [5.74, 6) is 0.561. The summed E-state index contributed by atoms with van der Waals surface area (Å²) < 4.78 is 13.1. The molecule has 7 heteroatoms. The standard InChI is InChI=1S/C19H19FN4OS/c1-12-13(2)26-18-16(12)17(21-11-22-18)23-7-9-24(10-8-23)19(25)14-3-5-15(20)6-4-14/h3-6,11H,7-10H2,1-2H3. The third kappa shape index (κ3) is 2.92. The van der Waals surface area contributed by atoms with Crippen LogP contribution in [0.4, 0.5) is 10.2 Å². The van der Waals surface area contributed by atoms with E-state index in [1.807, 2.05) is 4.90 Å². The van der Waals surface area contributed by atoms with Gasteiger partial charge in [0, 0.05) is 36.6 Å². The van der Waals surface area contributed by atoms with Gasteiger partial charge < -0.3 is 9.80 Å². The Kier molecular flexibility index (Phi) is 4.32. The van der Waals surface area contributed by atoms with Crippen LogP contribution in [0, 0.1) is 19.7 Å². The average Bonchev–Trinajstić information content (AvgIpc) is 2.96. The zero-order valence-electron chi connectivity index (χ0n) is 14.7. The van der Waals surface area contributed by atoms with Crippen molar-refractivity contribution >= 4 is 33.3 Å². The highest BCUT2D eigenvalue weighted by molar-refractivity contribution is 7.18. The minimum absolute atomic E-state index is 0.0555. The number of piperazine rings is 1. The van der Waals surface area contributed by atoms with Crippen LogP contribution in [-0.4, -0.2) is 47.0 Å². The van der Waals surface area contributed by atoms with E-state index < -0.39 is 0 Å². The van der Waals surface area contributed by atoms with Crippen molar-refractivity contribution in [2.24, 2.45) is 0 Å². The highest BCUT2D eigenvalue weighted by Gasteiger charge is 2.25. The van der Waals surface area contributed by atoms with Gasteiger partial charge in [-0.2, -0.15) is 0 Å². The summed E-state index contributed by atoms with van der Waals surface area (Å²) in [6, 6.07) is 5.72. The second-order valence-electron chi connectivity index (χ2n) is 6.45. The second-order valence-corrected chi connectivity index (χ2v) is 7.65. The third-order valence-corrected chi connectivity index (χ3v) is 6.02. The maximum Gasteiger partial charge on any atom is 0.253 e. The molecule has 0 saturated carbocycles. The van der Waals surface area contributed by atoms with Crippen LogP contribution in [0.3, 0.4) is 0 Å². The van der Waals surface area contributed by atoms with Crippen LogP contribution in [0.15, 0.2) is 30.6 Å². The molecule has 1 saturated heterocycles. The molecule has 1 aliphatic rings. The lowest BCUT2D eigenvalue weighted by molar-refractivity contribution is 0.0746. The monoisotopic (exact) mass is 370 g/mol. The second kappa shape index (κ2) is 6.64. The molecule has 3 heterocycles. The van der Waals surface area contributed by atoms with E-state index in [9.17, 15) is 9.18 Å². The first-order chi connectivity index (χ1) is 12.5. The molecule has 4 rings (SSSR count). The number of rotatable bonds is 2. The topological polar surface area (TPSA) is 49.3 Å². The Morgan fingerprint density at radius 3 is 2.46 bits per heavy atom. The Morgan fingerprint density at radius 2 is 1.77 bits per heavy atom. The summed E-state index contributed by atoms with van der Waals surface area (Å²) in [5.41, 5.74) is 1.75. The Morgan fingerprint density at radius 1 is 1.08 bits per heavy atom. The Bertz CT molecular complexity index is 962. The predicted octanol–water partition coefficient (Wildman–Crippen LogP) is 3.41. The van der Waals surface area contributed by atoms with E-state index in [0.29, 0.717) is 31.7 Å². The molecule has 0 N–H and O–H groups in total. The quantitative estimate of drug-likeness (QED) is 0.694. The van der Waals surface area contributed by atoms with E-state index in [1.165, 1.54) is 34.7 Å². The van der Waals surface area contributed by atoms with Gasteiger partial charge in [0.15, 0.2) is 0 Å². The van der Waals surface area contributed by atoms with Gasteiger partial charge in [0.1, 0.15) is 22.8 Å². The number of amides is 1. The van der Waals surface area contributed by atoms with Crippen LogP contribution >= 0.6 is 11.3 Å². The maximum absolute atomic E-state index is 13.1. The summed E-state index contributed by atoms with van der Waals surface area (Å²) in [6.45, 7) is 6.87. The zero-order valence-corrected chi connectivity index (χ0v) is 15.5. The molecule has 0 unspecified atom stereocenters. The fourth-order valence-electron chi connectivity index (χ4n) is 3.30. The van der Waals surface area contributed by atoms with Crippen molar-refractivity contribution in [3.63, 3.8) is 0 Å². The number of aromatic nitrogens is 2. The number of halogens is 1. The summed E-state index contributed by atoms with van der Waals surface area (Å²) in [5, 5.41) is 1.12. The average molecular weight is 370 g/mol. The lowest BCUT2D eigenvalue weighted by Gasteiger charge is -2.35. The van der Waals surface area contributed by atoms with E-state index in [2.05, 4.69) is 28.7 Å². The number of thiophene rings is 1. The number of carbonyl (C=O) groups is 1. The van der Waals surface area contributed by atoms with Crippen LogP contribution in [0.25, 0.3) is 10.2 Å². The van der Waals surface area contributed by atoms with Crippen molar-refractivity contribution in [2.45, 2.75) is 13.8 Å². The van der Waals surface area contributed by atoms with E-state index in [-0.39, 0.29) is 11.7 Å². The van der Waals surface area contributed by atoms with E-state index in [0.717, 1.165) is 16.0 Å². The molecule has 1 aromatic carbocycles. The van der Waals surface area contributed by atoms with Gasteiger partial charge in [-0.3, -0.25) is 4.79 Å². The SMILES string of the molecule is Cc1sc2ncnc(N3CCN(C(=O)c4ccc(F)cc4)CC3)c2c1C. The van der Waals surface area contributed by atoms with Crippen LogP contribution in [-0.2, 0) is 0 Å². The number of hydrogen-bond acceptors (Lipinski definition) is 5. The highest BCUT2D eigenvalue weighted by atomic mass is 32.1. The summed E-state index contributed by atoms with van der Waals surface area (Å²) in [4.78, 5) is 27.8. The highest BCUT2D eigenvalue weighted by Crippen LogP contribution is 2.34. The number of aryl methyl sites for hydroxylation is 2. The number of benzene rings is 1. The number of hydrogen-bond donors (Lipinski definition) is 0. The Balaban J connectivity index is 1.52. The lowest BCUT2D eigenvalue weighted by atomic mass is 10.1. The Labute approximate surface area is 155 Å². The predicted molar refractivity (Wildman–Crippen MR) is 101 cm³/mol. The van der Waals surface area contributed by atoms with E-state index in [4.69, 9.17) is 0 Å². The first kappa shape index (κ1) is 16.9. The zero-order chi connectivity index (χ0) is 18.3. The minimum Gasteiger partial charge on any atom is -0.352 e. The van der Waals surface area contributed by atoms with Gasteiger partial charge in [0.05, 0.1) is 5.39 Å². The van der Waals surface area contributed by atoms with Gasteiger partial charge in [0.2, 0.25) is 0 Å². The number of anilines is 1. The smallest absolute Gasteiger partial charge is 0.253 e. The largest absolute Gasteiger partial charge is 0.352 e. The Hall–Kier alpha value is -2.54. The molecule has 0 atom stereocenters. The molecule has 0 spiro atoms. The van der Waals surface area contributed by atoms with Crippen molar-refractivity contribution < 1.29 is 9.18 Å². The fraction of sp³-hybridized carbons (Fsp3) is 0.316. The first-order valence-electron chi connectivity index (χ1n) is 8.55. The molecule has 5 nitrogen and oxygen atoms in total. The van der Waals surface area contributed by atoms with Gasteiger partial charge in [-0.05, 0) is 43.7 Å². The van der Waals surface area contributed by atoms with Crippen LogP contribution in [0.1, 0.15) is 20.8 Å². The molecule has 0 aliphatic carbocycles. The van der Waals surface area contributed by atoms with E-state index >= 15 is 0 Å². The van der Waals surface area contributed by atoms with E-state index in [1.54, 1.807) is 17.7 Å². The molecule has 1 fully saturated rings. The van der Waals surface area contributed by atoms with Gasteiger partial charge in [-0.25, -0.2) is 14.4 Å². The first-order valence-corrected chi connectivity index (χ1v) is 9.36. The molecule has 134 valence electrons. The maximum atomic E-state index is 13.1. The van der Waals surface area contributed by atoms with Crippen molar-refractivity contribution in [2.75, 3.05) is 31.1 Å². The molecule has 1 aliphatic heterocycles. The van der Waals surface area contributed by atoms with Crippen molar-refractivity contribution in [3.05, 3.63) is 52.4 Å². The molecule has 26 heavy (non-hydrogen) atoms. The van der Waals surface area contributed by atoms with Crippen molar-refractivity contribution in [1.29, 1.82) is 0 Å². The molecule has 2 aromatic heterocycles. The van der Waals surface area contributed by atoms with Crippen LogP contribution < -0.4 is 4.90 Å². The molecule has 3 aromatic rings. The summed E-state index contributed by atoms with van der Waals surface area (Å²) in [7, 11) is 0. The lowest BCUT2D eigenvalue weighted by Crippen LogP contribution is -2.49. The summed E-state index contributed by atoms with van der Waals surface area (Å²) in [6.07, 6.45) is 1.61. The van der Waals surface area contributed by atoms with Gasteiger partial charge >= 0.3 is 0 Å². The summed E-state index contributed by atoms with van der Waals surface area (Å²) >= 11 is 1.69. The van der Waals surface area contributed by atoms with Crippen molar-refractivity contribution in [1.82, 2.24) is 14.9 Å². The minimum atomic E-state index is -0.333. The molecular formula is C19H19FN4OS. The number of carbonyl (C=O) groups excluding carboxylic acids is 1. The van der Waals surface area contributed by atoms with Gasteiger partial charge in [-0.15, -0.1) is 11.3 Å². The fourth-order valence-corrected chi connectivity index (χ4v) is 4.29. The third-order valence-electron chi connectivity index (χ3n) is 4.90. The molecule has 1 amide bonds. The van der Waals surface area contributed by atoms with Crippen LogP contribution in [0.5, 0.6) is 0 Å².